The summed E-state index contributed by atoms with van der Waals surface area (Å²) < 4.78 is 5.78. The normalized spacial score (nSPS) is 23.0. The lowest BCUT2D eigenvalue weighted by molar-refractivity contribution is -0.122. The Kier molecular flexibility index (Phi) is 4.96. The van der Waals surface area contributed by atoms with Crippen molar-refractivity contribution < 1.29 is 9.53 Å². The summed E-state index contributed by atoms with van der Waals surface area (Å²) in [6.45, 7) is 2.48. The number of nitrogens with zero attached hydrogens (tertiary/aromatic N) is 1. The molecule has 0 amide bonds. The number of ether oxygens (including phenoxy) is 1. The number of allylic oxidation sites excluding steroid dienone is 3. The van der Waals surface area contributed by atoms with E-state index in [1.165, 1.54) is 11.8 Å². The Morgan fingerprint density at radius 1 is 1.38 bits per heavy atom. The van der Waals surface area contributed by atoms with Gasteiger partial charge in [-0.2, -0.15) is 5.26 Å². The van der Waals surface area contributed by atoms with Crippen LogP contribution >= 0.6 is 11.8 Å². The van der Waals surface area contributed by atoms with Crippen molar-refractivity contribution in [2.24, 2.45) is 5.92 Å². The summed E-state index contributed by atoms with van der Waals surface area (Å²) >= 11 is 1.51. The quantitative estimate of drug-likeness (QED) is 0.905. The number of carbonyl (C=O) groups excluding carboxylic acids is 1. The first-order chi connectivity index (χ1) is 11.7. The highest BCUT2D eigenvalue weighted by Gasteiger charge is 2.42. The van der Waals surface area contributed by atoms with E-state index in [0.717, 1.165) is 28.5 Å². The first-order valence-electron chi connectivity index (χ1n) is 8.11. The predicted octanol–water partition coefficient (Wildman–Crippen LogP) is 3.73. The van der Waals surface area contributed by atoms with Crippen molar-refractivity contribution in [2.75, 3.05) is 12.9 Å². The number of rotatable bonds is 4. The van der Waals surface area contributed by atoms with E-state index in [1.807, 2.05) is 37.4 Å². The molecule has 0 saturated carbocycles. The molecule has 1 aliphatic carbocycles. The minimum Gasteiger partial charge on any atom is -0.494 e. The Hall–Kier alpha value is -2.19. The molecule has 0 aromatic heterocycles. The van der Waals surface area contributed by atoms with Gasteiger partial charge in [0.05, 0.1) is 29.2 Å². The van der Waals surface area contributed by atoms with E-state index in [4.69, 9.17) is 4.74 Å². The zero-order chi connectivity index (χ0) is 17.1. The molecule has 2 unspecified atom stereocenters. The van der Waals surface area contributed by atoms with Gasteiger partial charge in [-0.3, -0.25) is 4.79 Å². The summed E-state index contributed by atoms with van der Waals surface area (Å²) in [5, 5.41) is 13.9. The lowest BCUT2D eigenvalue weighted by Crippen LogP contribution is -2.38. The molecule has 124 valence electrons. The second-order valence-electron chi connectivity index (χ2n) is 5.77. The van der Waals surface area contributed by atoms with Crippen LogP contribution < -0.4 is 10.1 Å². The van der Waals surface area contributed by atoms with Crippen molar-refractivity contribution in [3.8, 4) is 11.8 Å². The number of nitriles is 1. The molecular formula is C19H20N2O2S. The number of Topliss-reactive ketones (excluding diaryl/α,β-unsaturated/α-hetero) is 1. The molecule has 5 heteroatoms. The monoisotopic (exact) mass is 340 g/mol. The third-order valence-corrected chi connectivity index (χ3v) is 5.19. The largest absolute Gasteiger partial charge is 0.494 e. The zero-order valence-electron chi connectivity index (χ0n) is 13.8. The molecule has 0 bridgehead atoms. The summed E-state index contributed by atoms with van der Waals surface area (Å²) in [6, 6.07) is 10.1. The number of benzene rings is 1. The number of hydrogen-bond acceptors (Lipinski definition) is 5. The van der Waals surface area contributed by atoms with Crippen LogP contribution in [0.1, 0.15) is 31.2 Å². The molecule has 1 heterocycles. The maximum absolute atomic E-state index is 12.7. The minimum absolute atomic E-state index is 0.184. The molecule has 3 rings (SSSR count). The van der Waals surface area contributed by atoms with Gasteiger partial charge in [-0.25, -0.2) is 0 Å². The summed E-state index contributed by atoms with van der Waals surface area (Å²) in [7, 11) is 0. The molecule has 24 heavy (non-hydrogen) atoms. The molecule has 0 spiro atoms. The van der Waals surface area contributed by atoms with Gasteiger partial charge in [-0.1, -0.05) is 24.3 Å². The highest BCUT2D eigenvalue weighted by atomic mass is 32.2. The van der Waals surface area contributed by atoms with Crippen LogP contribution in [0, 0.1) is 17.2 Å². The molecule has 2 atom stereocenters. The Morgan fingerprint density at radius 2 is 2.17 bits per heavy atom. The van der Waals surface area contributed by atoms with Crippen LogP contribution in [0.5, 0.6) is 5.75 Å². The van der Waals surface area contributed by atoms with Crippen LogP contribution in [-0.4, -0.2) is 18.6 Å². The lowest BCUT2D eigenvalue weighted by Gasteiger charge is -2.37. The first-order valence-corrected chi connectivity index (χ1v) is 9.33. The Labute approximate surface area is 146 Å². The maximum Gasteiger partial charge on any atom is 0.143 e. The fourth-order valence-corrected chi connectivity index (χ4v) is 4.08. The third kappa shape index (κ3) is 2.83. The molecular weight excluding hydrogens is 320 g/mol. The Morgan fingerprint density at radius 3 is 2.88 bits per heavy atom. The third-order valence-electron chi connectivity index (χ3n) is 4.46. The number of thioether (sulfide) groups is 1. The SMILES string of the molecule is CCOc1ccccc1C1C(C#N)=C(SC)NC2=CCCC(=O)C21. The molecule has 0 fully saturated rings. The summed E-state index contributed by atoms with van der Waals surface area (Å²) in [4.78, 5) is 12.7. The summed E-state index contributed by atoms with van der Waals surface area (Å²) in [5.41, 5.74) is 2.45. The standard InChI is InChI=1S/C19H20N2O2S/c1-3-23-16-10-5-4-7-12(16)17-13(11-20)19(24-2)21-14-8-6-9-15(22)18(14)17/h4-5,7-8,10,17-18,21H,3,6,9H2,1-2H3. The first kappa shape index (κ1) is 16.7. The number of carbonyl (C=O) groups is 1. The molecule has 0 saturated heterocycles. The van der Waals surface area contributed by atoms with E-state index in [-0.39, 0.29) is 17.6 Å². The van der Waals surface area contributed by atoms with E-state index in [2.05, 4.69) is 17.5 Å². The highest BCUT2D eigenvalue weighted by Crippen LogP contribution is 2.47. The average molecular weight is 340 g/mol. The second kappa shape index (κ2) is 7.14. The van der Waals surface area contributed by atoms with Gasteiger partial charge >= 0.3 is 0 Å². The average Bonchev–Trinajstić information content (AvgIpc) is 2.61. The van der Waals surface area contributed by atoms with Gasteiger partial charge in [0.15, 0.2) is 0 Å². The van der Waals surface area contributed by atoms with E-state index in [1.54, 1.807) is 0 Å². The number of hydrogen-bond donors (Lipinski definition) is 1. The van der Waals surface area contributed by atoms with Crippen molar-refractivity contribution in [3.63, 3.8) is 0 Å². The van der Waals surface area contributed by atoms with Crippen molar-refractivity contribution in [2.45, 2.75) is 25.7 Å². The molecule has 4 nitrogen and oxygen atoms in total. The summed E-state index contributed by atoms with van der Waals surface area (Å²) in [6.07, 6.45) is 5.31. The van der Waals surface area contributed by atoms with Crippen molar-refractivity contribution in [1.82, 2.24) is 5.32 Å². The van der Waals surface area contributed by atoms with Crippen LogP contribution in [-0.2, 0) is 4.79 Å². The minimum atomic E-state index is -0.328. The van der Waals surface area contributed by atoms with Crippen LogP contribution in [0.25, 0.3) is 0 Å². The van der Waals surface area contributed by atoms with Crippen LogP contribution in [0.2, 0.25) is 0 Å². The molecule has 1 aromatic rings. The number of nitrogens with one attached hydrogen (secondary N) is 1. The molecule has 2 aliphatic rings. The Bertz CT molecular complexity index is 761. The van der Waals surface area contributed by atoms with Gasteiger partial charge in [0.2, 0.25) is 0 Å². The van der Waals surface area contributed by atoms with E-state index in [9.17, 15) is 10.1 Å². The topological polar surface area (TPSA) is 62.1 Å². The van der Waals surface area contributed by atoms with Crippen LogP contribution in [0.15, 0.2) is 46.6 Å². The second-order valence-corrected chi connectivity index (χ2v) is 6.59. The maximum atomic E-state index is 12.7. The van der Waals surface area contributed by atoms with Gasteiger partial charge in [-0.05, 0) is 25.7 Å². The lowest BCUT2D eigenvalue weighted by atomic mass is 9.72. The molecule has 1 N–H and O–H groups in total. The van der Waals surface area contributed by atoms with Gasteiger partial charge in [0, 0.05) is 23.6 Å². The van der Waals surface area contributed by atoms with Crippen LogP contribution in [0.3, 0.4) is 0 Å². The highest BCUT2D eigenvalue weighted by molar-refractivity contribution is 8.02. The molecule has 0 radical (unpaired) electrons. The number of para-hydroxylation sites is 1. The molecule has 1 aromatic carbocycles. The van der Waals surface area contributed by atoms with E-state index < -0.39 is 0 Å². The van der Waals surface area contributed by atoms with Gasteiger partial charge in [0.1, 0.15) is 11.5 Å². The van der Waals surface area contributed by atoms with Gasteiger partial charge in [0.25, 0.3) is 0 Å². The summed E-state index contributed by atoms with van der Waals surface area (Å²) in [5.74, 6) is 0.313. The van der Waals surface area contributed by atoms with Crippen LogP contribution in [0.4, 0.5) is 0 Å². The van der Waals surface area contributed by atoms with Gasteiger partial charge in [-0.15, -0.1) is 11.8 Å². The Balaban J connectivity index is 2.20. The van der Waals surface area contributed by atoms with Crippen molar-refractivity contribution in [3.05, 3.63) is 52.2 Å². The van der Waals surface area contributed by atoms with Crippen molar-refractivity contribution >= 4 is 17.5 Å². The smallest absolute Gasteiger partial charge is 0.143 e. The van der Waals surface area contributed by atoms with Gasteiger partial charge < -0.3 is 10.1 Å². The number of ketones is 1. The predicted molar refractivity (Wildman–Crippen MR) is 95.5 cm³/mol. The van der Waals surface area contributed by atoms with E-state index >= 15 is 0 Å². The molecule has 1 aliphatic heterocycles. The number of fused-ring (bicyclic) bond motifs is 1. The fraction of sp³-hybridized carbons (Fsp3) is 0.368. The zero-order valence-corrected chi connectivity index (χ0v) is 14.7. The van der Waals surface area contributed by atoms with Crippen molar-refractivity contribution in [1.29, 1.82) is 5.26 Å². The fourth-order valence-electron chi connectivity index (χ4n) is 3.47. The van der Waals surface area contributed by atoms with E-state index in [0.29, 0.717) is 18.6 Å².